The van der Waals surface area contributed by atoms with Crippen LogP contribution < -0.4 is 0 Å². The van der Waals surface area contributed by atoms with Gasteiger partial charge in [0.1, 0.15) is 0 Å². The van der Waals surface area contributed by atoms with E-state index < -0.39 is 9.84 Å². The molecule has 0 aromatic heterocycles. The average molecular weight is 332 g/mol. The minimum absolute atomic E-state index is 0.0223. The molecule has 2 amide bonds. The molecule has 0 spiro atoms. The molecule has 0 aromatic carbocycles. The fourth-order valence-electron chi connectivity index (χ4n) is 3.29. The number of likely N-dealkylation sites (tertiary alicyclic amines) is 1. The van der Waals surface area contributed by atoms with Crippen molar-refractivity contribution in [2.24, 2.45) is 5.92 Å². The van der Waals surface area contributed by atoms with Crippen molar-refractivity contribution in [2.75, 3.05) is 38.2 Å². The zero-order chi connectivity index (χ0) is 16.3. The second-order valence-corrected chi connectivity index (χ2v) is 8.14. The third-order valence-electron chi connectivity index (χ3n) is 4.55. The number of hydrogen-bond acceptors (Lipinski definition) is 5. The van der Waals surface area contributed by atoms with Gasteiger partial charge in [0.2, 0.25) is 5.91 Å². The van der Waals surface area contributed by atoms with Gasteiger partial charge in [0.25, 0.3) is 0 Å². The van der Waals surface area contributed by atoms with E-state index in [0.717, 1.165) is 0 Å². The molecule has 7 nitrogen and oxygen atoms in total. The first kappa shape index (κ1) is 17.1. The van der Waals surface area contributed by atoms with Gasteiger partial charge in [0, 0.05) is 31.6 Å². The third-order valence-corrected chi connectivity index (χ3v) is 6.30. The quantitative estimate of drug-likeness (QED) is 0.751. The smallest absolute Gasteiger partial charge is 0.409 e. The van der Waals surface area contributed by atoms with E-state index in [4.69, 9.17) is 0 Å². The Kier molecular flexibility index (Phi) is 5.31. The number of carbonyl (C=O) groups is 2. The highest BCUT2D eigenvalue weighted by Crippen LogP contribution is 2.24. The molecular formula is C14H24N2O5S. The van der Waals surface area contributed by atoms with Gasteiger partial charge in [-0.2, -0.15) is 0 Å². The normalized spacial score (nSPS) is 25.0. The molecule has 2 rings (SSSR count). The SMILES string of the molecule is CCN(C(=O)C1CCN(C(=O)OC)CC1)C1CCS(=O)(=O)C1. The van der Waals surface area contributed by atoms with Crippen molar-refractivity contribution in [3.63, 3.8) is 0 Å². The van der Waals surface area contributed by atoms with Gasteiger partial charge in [0.05, 0.1) is 18.6 Å². The Hall–Kier alpha value is -1.31. The number of hydrogen-bond donors (Lipinski definition) is 0. The van der Waals surface area contributed by atoms with Crippen LogP contribution in [0.2, 0.25) is 0 Å². The van der Waals surface area contributed by atoms with Crippen LogP contribution in [0.5, 0.6) is 0 Å². The summed E-state index contributed by atoms with van der Waals surface area (Å²) in [6, 6.07) is -0.193. The van der Waals surface area contributed by atoms with E-state index in [2.05, 4.69) is 4.74 Å². The Morgan fingerprint density at radius 2 is 1.86 bits per heavy atom. The molecule has 2 aliphatic heterocycles. The summed E-state index contributed by atoms with van der Waals surface area (Å²) in [5.74, 6) is 0.133. The van der Waals surface area contributed by atoms with Crippen LogP contribution in [0, 0.1) is 5.92 Å². The second-order valence-electron chi connectivity index (χ2n) is 5.91. The average Bonchev–Trinajstić information content (AvgIpc) is 2.87. The fraction of sp³-hybridized carbons (Fsp3) is 0.857. The number of rotatable bonds is 3. The molecule has 0 aromatic rings. The lowest BCUT2D eigenvalue weighted by Crippen LogP contribution is -2.48. The molecule has 0 N–H and O–H groups in total. The number of methoxy groups -OCH3 is 1. The van der Waals surface area contributed by atoms with Crippen molar-refractivity contribution in [3.05, 3.63) is 0 Å². The van der Waals surface area contributed by atoms with Gasteiger partial charge in [-0.3, -0.25) is 4.79 Å². The first-order valence-electron chi connectivity index (χ1n) is 7.71. The molecule has 0 bridgehead atoms. The van der Waals surface area contributed by atoms with Crippen molar-refractivity contribution in [3.8, 4) is 0 Å². The highest BCUT2D eigenvalue weighted by atomic mass is 32.2. The largest absolute Gasteiger partial charge is 0.453 e. The van der Waals surface area contributed by atoms with Crippen molar-refractivity contribution in [2.45, 2.75) is 32.2 Å². The maximum absolute atomic E-state index is 12.7. The van der Waals surface area contributed by atoms with Gasteiger partial charge >= 0.3 is 6.09 Å². The zero-order valence-electron chi connectivity index (χ0n) is 13.2. The van der Waals surface area contributed by atoms with E-state index in [-0.39, 0.29) is 35.5 Å². The summed E-state index contributed by atoms with van der Waals surface area (Å²) in [5, 5.41) is 0. The minimum atomic E-state index is -3.00. The van der Waals surface area contributed by atoms with Crippen LogP contribution in [-0.2, 0) is 19.4 Å². The predicted molar refractivity (Wildman–Crippen MR) is 81.1 cm³/mol. The molecule has 0 saturated carbocycles. The Bertz CT molecular complexity index is 525. The van der Waals surface area contributed by atoms with E-state index in [9.17, 15) is 18.0 Å². The van der Waals surface area contributed by atoms with E-state index >= 15 is 0 Å². The summed E-state index contributed by atoms with van der Waals surface area (Å²) in [6.45, 7) is 3.41. The molecule has 0 radical (unpaired) electrons. The summed E-state index contributed by atoms with van der Waals surface area (Å²) in [5.41, 5.74) is 0. The van der Waals surface area contributed by atoms with Gasteiger partial charge in [-0.25, -0.2) is 13.2 Å². The first-order valence-corrected chi connectivity index (χ1v) is 9.54. The molecule has 22 heavy (non-hydrogen) atoms. The van der Waals surface area contributed by atoms with Crippen LogP contribution in [0.1, 0.15) is 26.2 Å². The Morgan fingerprint density at radius 3 is 2.32 bits per heavy atom. The van der Waals surface area contributed by atoms with Gasteiger partial charge in [-0.05, 0) is 26.2 Å². The summed E-state index contributed by atoms with van der Waals surface area (Å²) in [4.78, 5) is 27.4. The standard InChI is InChI=1S/C14H24N2O5S/c1-3-16(12-6-9-22(19,20)10-12)13(17)11-4-7-15(8-5-11)14(18)21-2/h11-12H,3-10H2,1-2H3. The second kappa shape index (κ2) is 6.85. The lowest BCUT2D eigenvalue weighted by Gasteiger charge is -2.35. The molecule has 8 heteroatoms. The van der Waals surface area contributed by atoms with E-state index in [1.165, 1.54) is 7.11 Å². The molecule has 2 heterocycles. The number of ether oxygens (including phenoxy) is 1. The Balaban J connectivity index is 1.94. The Labute approximate surface area is 131 Å². The molecule has 2 fully saturated rings. The Morgan fingerprint density at radius 1 is 1.23 bits per heavy atom. The maximum Gasteiger partial charge on any atom is 0.409 e. The molecule has 0 aliphatic carbocycles. The van der Waals surface area contributed by atoms with E-state index in [1.54, 1.807) is 9.80 Å². The van der Waals surface area contributed by atoms with Crippen LogP contribution in [0.3, 0.4) is 0 Å². The van der Waals surface area contributed by atoms with Crippen LogP contribution in [0.25, 0.3) is 0 Å². The minimum Gasteiger partial charge on any atom is -0.453 e. The molecule has 1 atom stereocenters. The number of carbonyl (C=O) groups excluding carboxylic acids is 2. The zero-order valence-corrected chi connectivity index (χ0v) is 14.0. The number of piperidine rings is 1. The van der Waals surface area contributed by atoms with Crippen LogP contribution in [0.4, 0.5) is 4.79 Å². The lowest BCUT2D eigenvalue weighted by molar-refractivity contribution is -0.138. The van der Waals surface area contributed by atoms with Crippen molar-refractivity contribution in [1.82, 2.24) is 9.80 Å². The first-order chi connectivity index (χ1) is 10.4. The number of amides is 2. The number of nitrogens with zero attached hydrogens (tertiary/aromatic N) is 2. The van der Waals surface area contributed by atoms with Crippen LogP contribution >= 0.6 is 0 Å². The molecule has 2 aliphatic rings. The van der Waals surface area contributed by atoms with Gasteiger partial charge < -0.3 is 14.5 Å². The molecule has 1 unspecified atom stereocenters. The van der Waals surface area contributed by atoms with Gasteiger partial charge in [0.15, 0.2) is 9.84 Å². The van der Waals surface area contributed by atoms with Crippen molar-refractivity contribution in [1.29, 1.82) is 0 Å². The summed E-state index contributed by atoms with van der Waals surface area (Å²) in [6.07, 6.45) is 1.37. The maximum atomic E-state index is 12.7. The fourth-order valence-corrected chi connectivity index (χ4v) is 5.02. The van der Waals surface area contributed by atoms with Crippen LogP contribution in [-0.4, -0.2) is 74.5 Å². The van der Waals surface area contributed by atoms with Crippen molar-refractivity contribution < 1.29 is 22.7 Å². The third kappa shape index (κ3) is 3.71. The monoisotopic (exact) mass is 332 g/mol. The van der Waals surface area contributed by atoms with Crippen LogP contribution in [0.15, 0.2) is 0 Å². The summed E-state index contributed by atoms with van der Waals surface area (Å²) < 4.78 is 27.9. The molecular weight excluding hydrogens is 308 g/mol. The van der Waals surface area contributed by atoms with Crippen molar-refractivity contribution >= 4 is 21.8 Å². The number of sulfone groups is 1. The molecule has 2 saturated heterocycles. The highest BCUT2D eigenvalue weighted by Gasteiger charge is 2.37. The predicted octanol–water partition coefficient (Wildman–Crippen LogP) is 0.500. The molecule has 126 valence electrons. The summed E-state index contributed by atoms with van der Waals surface area (Å²) >= 11 is 0. The lowest BCUT2D eigenvalue weighted by atomic mass is 9.94. The topological polar surface area (TPSA) is 84.0 Å². The van der Waals surface area contributed by atoms with E-state index in [0.29, 0.717) is 38.9 Å². The van der Waals surface area contributed by atoms with E-state index in [1.807, 2.05) is 6.92 Å². The summed E-state index contributed by atoms with van der Waals surface area (Å²) in [7, 11) is -1.66. The van der Waals surface area contributed by atoms with Gasteiger partial charge in [-0.1, -0.05) is 0 Å². The van der Waals surface area contributed by atoms with Gasteiger partial charge in [-0.15, -0.1) is 0 Å². The highest BCUT2D eigenvalue weighted by molar-refractivity contribution is 7.91.